The Hall–Kier alpha value is -4.40. The molecule has 3 amide bonds. The molecule has 1 aliphatic heterocycles. The maximum Gasteiger partial charge on any atom is 0.416 e. The van der Waals surface area contributed by atoms with Gasteiger partial charge in [0.2, 0.25) is 5.91 Å². The van der Waals surface area contributed by atoms with E-state index >= 15 is 0 Å². The summed E-state index contributed by atoms with van der Waals surface area (Å²) in [6, 6.07) is 6.62. The molecular formula is C27H32F3N5O7. The van der Waals surface area contributed by atoms with Crippen LogP contribution in [-0.2, 0) is 22.3 Å². The Morgan fingerprint density at radius 1 is 1.12 bits per heavy atom. The van der Waals surface area contributed by atoms with Gasteiger partial charge in [-0.15, -0.1) is 0 Å². The molecule has 1 atom stereocenters. The molecule has 0 radical (unpaired) electrons. The summed E-state index contributed by atoms with van der Waals surface area (Å²) in [6.45, 7) is 5.71. The first-order valence-corrected chi connectivity index (χ1v) is 12.9. The molecule has 0 aromatic heterocycles. The van der Waals surface area contributed by atoms with Gasteiger partial charge in [-0.25, -0.2) is 4.79 Å². The van der Waals surface area contributed by atoms with Crippen molar-refractivity contribution in [1.29, 1.82) is 0 Å². The lowest BCUT2D eigenvalue weighted by molar-refractivity contribution is -0.385. The van der Waals surface area contributed by atoms with Gasteiger partial charge in [0.1, 0.15) is 5.60 Å². The molecule has 0 spiro atoms. The van der Waals surface area contributed by atoms with Crippen LogP contribution in [0.4, 0.5) is 29.3 Å². The highest BCUT2D eigenvalue weighted by molar-refractivity contribution is 6.04. The van der Waals surface area contributed by atoms with Gasteiger partial charge in [0, 0.05) is 31.7 Å². The van der Waals surface area contributed by atoms with Crippen molar-refractivity contribution < 1.29 is 42.0 Å². The number of hydrogen-bond donors (Lipinski definition) is 3. The highest BCUT2D eigenvalue weighted by Gasteiger charge is 2.32. The molecule has 1 heterocycles. The fraction of sp³-hybridized carbons (Fsp3) is 0.444. The Kier molecular flexibility index (Phi) is 9.99. The first-order chi connectivity index (χ1) is 19.6. The third-order valence-electron chi connectivity index (χ3n) is 6.12. The van der Waals surface area contributed by atoms with Gasteiger partial charge in [0.05, 0.1) is 35.4 Å². The lowest BCUT2D eigenvalue weighted by Gasteiger charge is -2.21. The summed E-state index contributed by atoms with van der Waals surface area (Å²) < 4.78 is 50.0. The molecule has 228 valence electrons. The fourth-order valence-corrected chi connectivity index (χ4v) is 4.29. The number of carbonyl (C=O) groups is 3. The Bertz CT molecular complexity index is 1340. The molecular weight excluding hydrogens is 563 g/mol. The summed E-state index contributed by atoms with van der Waals surface area (Å²) in [4.78, 5) is 50.3. The van der Waals surface area contributed by atoms with E-state index < -0.39 is 52.3 Å². The molecule has 3 rings (SSSR count). The lowest BCUT2D eigenvalue weighted by Crippen LogP contribution is -2.43. The van der Waals surface area contributed by atoms with Crippen molar-refractivity contribution in [3.05, 3.63) is 63.2 Å². The highest BCUT2D eigenvalue weighted by atomic mass is 19.4. The van der Waals surface area contributed by atoms with E-state index in [2.05, 4.69) is 16.0 Å². The van der Waals surface area contributed by atoms with Crippen LogP contribution in [0.5, 0.6) is 5.75 Å². The molecule has 3 N–H and O–H groups in total. The largest absolute Gasteiger partial charge is 0.490 e. The van der Waals surface area contributed by atoms with Crippen LogP contribution in [0.2, 0.25) is 0 Å². The third-order valence-corrected chi connectivity index (χ3v) is 6.12. The smallest absolute Gasteiger partial charge is 0.416 e. The molecule has 0 aliphatic carbocycles. The first-order valence-electron chi connectivity index (χ1n) is 12.9. The number of rotatable bonds is 9. The monoisotopic (exact) mass is 595 g/mol. The van der Waals surface area contributed by atoms with Crippen LogP contribution in [0.15, 0.2) is 36.4 Å². The number of nitro groups is 1. The molecule has 0 unspecified atom stereocenters. The van der Waals surface area contributed by atoms with Gasteiger partial charge >= 0.3 is 18.0 Å². The number of ether oxygens (including phenoxy) is 2. The number of nitro benzene ring substituents is 1. The zero-order valence-electron chi connectivity index (χ0n) is 23.5. The second-order valence-corrected chi connectivity index (χ2v) is 10.6. The quantitative estimate of drug-likeness (QED) is 0.290. The number of methoxy groups -OCH3 is 1. The molecule has 1 fully saturated rings. The first kappa shape index (κ1) is 32.1. The number of carbonyl (C=O) groups excluding carboxylic acids is 3. The Morgan fingerprint density at radius 3 is 2.45 bits per heavy atom. The van der Waals surface area contributed by atoms with Crippen molar-refractivity contribution in [3.63, 3.8) is 0 Å². The summed E-state index contributed by atoms with van der Waals surface area (Å²) in [6.07, 6.45) is -5.14. The molecule has 0 bridgehead atoms. The minimum atomic E-state index is -4.75. The van der Waals surface area contributed by atoms with E-state index in [0.717, 1.165) is 6.07 Å². The SMILES string of the molecule is COc1ccc(CN2CC[C@@H](NC(=O)CNC(=O)c3cc(C(F)(F)F)ccc3NC(=O)OC(C)(C)C)C2)cc1[N+](=O)[O-]. The van der Waals surface area contributed by atoms with Gasteiger partial charge in [-0.05, 0) is 57.0 Å². The standard InChI is InChI=1S/C27H32F3N5O7/c1-26(2,3)42-25(38)33-20-7-6-17(27(28,29)30)12-19(20)24(37)31-13-23(36)32-18-9-10-34(15-18)14-16-5-8-22(41-4)21(11-16)35(39)40/h5-8,11-12,18H,9-10,13-15H2,1-4H3,(H,31,37)(H,32,36)(H,33,38)/t18-/m1/s1. The number of nitrogens with one attached hydrogen (secondary N) is 3. The van der Waals surface area contributed by atoms with Crippen molar-refractivity contribution in [1.82, 2.24) is 15.5 Å². The zero-order valence-corrected chi connectivity index (χ0v) is 23.5. The molecule has 1 aliphatic rings. The van der Waals surface area contributed by atoms with Crippen LogP contribution in [-0.4, -0.2) is 66.1 Å². The molecule has 2 aromatic carbocycles. The average Bonchev–Trinajstić information content (AvgIpc) is 3.31. The normalized spacial score (nSPS) is 15.5. The van der Waals surface area contributed by atoms with Crippen molar-refractivity contribution in [3.8, 4) is 5.75 Å². The van der Waals surface area contributed by atoms with Crippen LogP contribution < -0.4 is 20.7 Å². The predicted octanol–water partition coefficient (Wildman–Crippen LogP) is 4.09. The van der Waals surface area contributed by atoms with Gasteiger partial charge in [-0.1, -0.05) is 6.07 Å². The number of benzene rings is 2. The van der Waals surface area contributed by atoms with Crippen LogP contribution in [0.3, 0.4) is 0 Å². The number of likely N-dealkylation sites (tertiary alicyclic amines) is 1. The van der Waals surface area contributed by atoms with Crippen LogP contribution in [0.25, 0.3) is 0 Å². The molecule has 0 saturated carbocycles. The maximum atomic E-state index is 13.3. The van der Waals surface area contributed by atoms with Gasteiger partial charge in [-0.3, -0.25) is 29.9 Å². The van der Waals surface area contributed by atoms with E-state index in [1.165, 1.54) is 19.2 Å². The minimum Gasteiger partial charge on any atom is -0.490 e. The van der Waals surface area contributed by atoms with E-state index in [9.17, 15) is 37.7 Å². The number of amides is 3. The van der Waals surface area contributed by atoms with Crippen molar-refractivity contribution in [2.45, 2.75) is 51.6 Å². The van der Waals surface area contributed by atoms with Crippen LogP contribution in [0, 0.1) is 10.1 Å². The van der Waals surface area contributed by atoms with E-state index in [1.54, 1.807) is 26.8 Å². The number of hydrogen-bond acceptors (Lipinski definition) is 8. The zero-order chi connectivity index (χ0) is 31.2. The van der Waals surface area contributed by atoms with Gasteiger partial charge in [0.25, 0.3) is 5.91 Å². The number of alkyl halides is 3. The van der Waals surface area contributed by atoms with Crippen LogP contribution in [0.1, 0.15) is 48.7 Å². The minimum absolute atomic E-state index is 0.148. The topological polar surface area (TPSA) is 152 Å². The van der Waals surface area contributed by atoms with Gasteiger partial charge < -0.3 is 20.1 Å². The summed E-state index contributed by atoms with van der Waals surface area (Å²) >= 11 is 0. The average molecular weight is 596 g/mol. The lowest BCUT2D eigenvalue weighted by atomic mass is 10.1. The Morgan fingerprint density at radius 2 is 1.83 bits per heavy atom. The summed E-state index contributed by atoms with van der Waals surface area (Å²) in [5, 5.41) is 18.6. The molecule has 42 heavy (non-hydrogen) atoms. The van der Waals surface area contributed by atoms with Crippen molar-refractivity contribution in [2.75, 3.05) is 32.1 Å². The molecule has 15 heteroatoms. The predicted molar refractivity (Wildman–Crippen MR) is 145 cm³/mol. The number of nitrogens with zero attached hydrogens (tertiary/aromatic N) is 2. The number of halogens is 3. The van der Waals surface area contributed by atoms with E-state index in [1.807, 2.05) is 4.90 Å². The van der Waals surface area contributed by atoms with Crippen molar-refractivity contribution >= 4 is 29.3 Å². The van der Waals surface area contributed by atoms with E-state index in [-0.39, 0.29) is 23.2 Å². The second-order valence-electron chi connectivity index (χ2n) is 10.6. The van der Waals surface area contributed by atoms with Gasteiger partial charge in [-0.2, -0.15) is 13.2 Å². The van der Waals surface area contributed by atoms with Gasteiger partial charge in [0.15, 0.2) is 5.75 Å². The summed E-state index contributed by atoms with van der Waals surface area (Å²) in [5.41, 5.74) is -2.18. The Balaban J connectivity index is 1.59. The Labute approximate surface area is 239 Å². The van der Waals surface area contributed by atoms with E-state index in [0.29, 0.717) is 43.8 Å². The number of anilines is 1. The fourth-order valence-electron chi connectivity index (χ4n) is 4.29. The van der Waals surface area contributed by atoms with Crippen molar-refractivity contribution in [2.24, 2.45) is 0 Å². The maximum absolute atomic E-state index is 13.3. The second kappa shape index (κ2) is 13.1. The molecule has 2 aromatic rings. The summed E-state index contributed by atoms with van der Waals surface area (Å²) in [5.74, 6) is -1.42. The van der Waals surface area contributed by atoms with Crippen LogP contribution >= 0.6 is 0 Å². The molecule has 1 saturated heterocycles. The molecule has 12 nitrogen and oxygen atoms in total. The third kappa shape index (κ3) is 9.06. The highest BCUT2D eigenvalue weighted by Crippen LogP contribution is 2.32. The summed E-state index contributed by atoms with van der Waals surface area (Å²) in [7, 11) is 1.34. The van der Waals surface area contributed by atoms with E-state index in [4.69, 9.17) is 9.47 Å².